The molecule has 20 heavy (non-hydrogen) atoms. The lowest BCUT2D eigenvalue weighted by atomic mass is 10.3. The first kappa shape index (κ1) is 15.0. The molecule has 2 heterocycles. The van der Waals surface area contributed by atoms with Gasteiger partial charge in [-0.1, -0.05) is 11.6 Å². The Morgan fingerprint density at radius 3 is 2.90 bits per heavy atom. The molecule has 1 aliphatic heterocycles. The molecule has 7 nitrogen and oxygen atoms in total. The molecule has 1 saturated heterocycles. The van der Waals surface area contributed by atoms with E-state index in [4.69, 9.17) is 11.6 Å². The van der Waals surface area contributed by atoms with Gasteiger partial charge in [0.25, 0.3) is 5.69 Å². The van der Waals surface area contributed by atoms with Crippen molar-refractivity contribution in [3.8, 4) is 0 Å². The van der Waals surface area contributed by atoms with Crippen molar-refractivity contribution >= 4 is 23.1 Å². The molecule has 1 fully saturated rings. The highest BCUT2D eigenvalue weighted by molar-refractivity contribution is 6.33. The summed E-state index contributed by atoms with van der Waals surface area (Å²) < 4.78 is 0. The molecule has 0 saturated carbocycles. The molecule has 1 aromatic heterocycles. The number of hydrogen-bond acceptors (Lipinski definition) is 6. The van der Waals surface area contributed by atoms with E-state index in [9.17, 15) is 10.1 Å². The van der Waals surface area contributed by atoms with E-state index in [1.165, 1.54) is 12.3 Å². The number of aromatic nitrogens is 1. The lowest BCUT2D eigenvalue weighted by Gasteiger charge is -2.27. The summed E-state index contributed by atoms with van der Waals surface area (Å²) in [4.78, 5) is 16.5. The molecule has 110 valence electrons. The van der Waals surface area contributed by atoms with Gasteiger partial charge in [-0.25, -0.2) is 4.98 Å². The predicted octanol–water partition coefficient (Wildman–Crippen LogP) is 1.35. The fourth-order valence-corrected chi connectivity index (χ4v) is 2.33. The van der Waals surface area contributed by atoms with Crippen molar-refractivity contribution in [1.82, 2.24) is 15.2 Å². The number of rotatable bonds is 6. The van der Waals surface area contributed by atoms with E-state index in [0.29, 0.717) is 5.82 Å². The highest BCUT2D eigenvalue weighted by atomic mass is 35.5. The summed E-state index contributed by atoms with van der Waals surface area (Å²) in [6.45, 7) is 6.02. The van der Waals surface area contributed by atoms with Crippen LogP contribution in [0, 0.1) is 10.1 Å². The predicted molar refractivity (Wildman–Crippen MR) is 78.3 cm³/mol. The van der Waals surface area contributed by atoms with Gasteiger partial charge >= 0.3 is 0 Å². The smallest absolute Gasteiger partial charge is 0.289 e. The molecular weight excluding hydrogens is 282 g/mol. The summed E-state index contributed by atoms with van der Waals surface area (Å²) in [5, 5.41) is 17.3. The monoisotopic (exact) mass is 299 g/mol. The molecule has 1 aliphatic rings. The third-order valence-electron chi connectivity index (χ3n) is 3.19. The van der Waals surface area contributed by atoms with Crippen LogP contribution in [-0.2, 0) is 0 Å². The average Bonchev–Trinajstić information content (AvgIpc) is 2.46. The van der Waals surface area contributed by atoms with Crippen molar-refractivity contribution in [2.75, 3.05) is 44.6 Å². The molecule has 0 atom stereocenters. The number of nitro groups is 1. The fourth-order valence-electron chi connectivity index (χ4n) is 2.10. The Hall–Kier alpha value is -1.44. The van der Waals surface area contributed by atoms with E-state index in [0.717, 1.165) is 45.7 Å². The maximum absolute atomic E-state index is 10.6. The maximum Gasteiger partial charge on any atom is 0.289 e. The first-order valence-electron chi connectivity index (χ1n) is 6.63. The Bertz CT molecular complexity index is 465. The number of nitrogens with one attached hydrogen (secondary N) is 2. The van der Waals surface area contributed by atoms with Crippen LogP contribution in [0.2, 0.25) is 5.02 Å². The van der Waals surface area contributed by atoms with E-state index in [1.807, 2.05) is 0 Å². The Morgan fingerprint density at radius 2 is 2.25 bits per heavy atom. The van der Waals surface area contributed by atoms with Gasteiger partial charge in [0, 0.05) is 38.8 Å². The third-order valence-corrected chi connectivity index (χ3v) is 3.48. The van der Waals surface area contributed by atoms with Gasteiger partial charge in [-0.05, 0) is 13.0 Å². The number of halogens is 1. The van der Waals surface area contributed by atoms with E-state index < -0.39 is 4.92 Å². The molecule has 0 aromatic carbocycles. The summed E-state index contributed by atoms with van der Waals surface area (Å²) in [6, 6.07) is 1.31. The lowest BCUT2D eigenvalue weighted by molar-refractivity contribution is -0.385. The molecule has 0 unspecified atom stereocenters. The van der Waals surface area contributed by atoms with Crippen LogP contribution in [0.1, 0.15) is 6.42 Å². The van der Waals surface area contributed by atoms with Crippen molar-refractivity contribution in [2.24, 2.45) is 0 Å². The molecule has 0 bridgehead atoms. The molecule has 0 aliphatic carbocycles. The summed E-state index contributed by atoms with van der Waals surface area (Å²) >= 11 is 5.95. The topological polar surface area (TPSA) is 83.3 Å². The van der Waals surface area contributed by atoms with Gasteiger partial charge in [0.05, 0.1) is 9.95 Å². The van der Waals surface area contributed by atoms with E-state index in [2.05, 4.69) is 20.5 Å². The summed E-state index contributed by atoms with van der Waals surface area (Å²) in [5.41, 5.74) is -0.0960. The second-order valence-corrected chi connectivity index (χ2v) is 5.06. The minimum atomic E-state index is -0.507. The van der Waals surface area contributed by atoms with Crippen molar-refractivity contribution in [3.05, 3.63) is 27.4 Å². The number of pyridine rings is 1. The van der Waals surface area contributed by atoms with E-state index in [-0.39, 0.29) is 10.7 Å². The third kappa shape index (κ3) is 4.29. The van der Waals surface area contributed by atoms with Crippen LogP contribution in [0.25, 0.3) is 0 Å². The molecule has 1 aromatic rings. The number of hydrogen-bond donors (Lipinski definition) is 2. The van der Waals surface area contributed by atoms with Crippen LogP contribution in [0.5, 0.6) is 0 Å². The zero-order valence-corrected chi connectivity index (χ0v) is 11.9. The first-order chi connectivity index (χ1) is 9.66. The van der Waals surface area contributed by atoms with Gasteiger partial charge in [-0.3, -0.25) is 10.1 Å². The second kappa shape index (κ2) is 7.37. The minimum absolute atomic E-state index is 0.0960. The van der Waals surface area contributed by atoms with E-state index in [1.54, 1.807) is 0 Å². The van der Waals surface area contributed by atoms with Gasteiger partial charge in [0.2, 0.25) is 0 Å². The van der Waals surface area contributed by atoms with Crippen molar-refractivity contribution in [1.29, 1.82) is 0 Å². The van der Waals surface area contributed by atoms with Crippen LogP contribution in [0.3, 0.4) is 0 Å². The van der Waals surface area contributed by atoms with Gasteiger partial charge in [-0.15, -0.1) is 0 Å². The molecule has 0 spiro atoms. The fraction of sp³-hybridized carbons (Fsp3) is 0.583. The number of piperazine rings is 1. The Morgan fingerprint density at radius 1 is 1.50 bits per heavy atom. The van der Waals surface area contributed by atoms with Gasteiger partial charge in [0.15, 0.2) is 0 Å². The van der Waals surface area contributed by atoms with Crippen LogP contribution >= 0.6 is 11.6 Å². The first-order valence-corrected chi connectivity index (χ1v) is 7.01. The van der Waals surface area contributed by atoms with Crippen LogP contribution in [0.4, 0.5) is 11.5 Å². The van der Waals surface area contributed by atoms with Crippen molar-refractivity contribution in [3.63, 3.8) is 0 Å². The van der Waals surface area contributed by atoms with Crippen molar-refractivity contribution < 1.29 is 4.92 Å². The normalized spacial score (nSPS) is 16.1. The molecule has 0 amide bonds. The number of nitrogens with zero attached hydrogens (tertiary/aromatic N) is 3. The van der Waals surface area contributed by atoms with Crippen molar-refractivity contribution in [2.45, 2.75) is 6.42 Å². The molecule has 2 rings (SSSR count). The number of anilines is 1. The SMILES string of the molecule is O=[N+]([O-])c1cnc(NCCCN2CCNCC2)c(Cl)c1. The lowest BCUT2D eigenvalue weighted by Crippen LogP contribution is -2.44. The quantitative estimate of drug-likeness (QED) is 0.469. The zero-order valence-electron chi connectivity index (χ0n) is 11.1. The minimum Gasteiger partial charge on any atom is -0.369 e. The molecule has 0 radical (unpaired) electrons. The molecular formula is C12H18ClN5O2. The second-order valence-electron chi connectivity index (χ2n) is 4.65. The Labute approximate surface area is 122 Å². The van der Waals surface area contributed by atoms with Crippen LogP contribution in [-0.4, -0.2) is 54.1 Å². The Kier molecular flexibility index (Phi) is 5.51. The summed E-state index contributed by atoms with van der Waals surface area (Å²) in [7, 11) is 0. The summed E-state index contributed by atoms with van der Waals surface area (Å²) in [6.07, 6.45) is 2.19. The van der Waals surface area contributed by atoms with Crippen LogP contribution in [0.15, 0.2) is 12.3 Å². The highest BCUT2D eigenvalue weighted by Gasteiger charge is 2.11. The largest absolute Gasteiger partial charge is 0.369 e. The van der Waals surface area contributed by atoms with Gasteiger partial charge in [-0.2, -0.15) is 0 Å². The van der Waals surface area contributed by atoms with Crippen LogP contribution < -0.4 is 10.6 Å². The maximum atomic E-state index is 10.6. The van der Waals surface area contributed by atoms with Gasteiger partial charge in [0.1, 0.15) is 12.0 Å². The highest BCUT2D eigenvalue weighted by Crippen LogP contribution is 2.23. The summed E-state index contributed by atoms with van der Waals surface area (Å²) in [5.74, 6) is 0.498. The Balaban J connectivity index is 1.74. The van der Waals surface area contributed by atoms with E-state index >= 15 is 0 Å². The van der Waals surface area contributed by atoms with Gasteiger partial charge < -0.3 is 15.5 Å². The standard InChI is InChI=1S/C12H18ClN5O2/c13-11-8-10(18(19)20)9-16-12(11)15-2-1-5-17-6-3-14-4-7-17/h8-9,14H,1-7H2,(H,15,16). The zero-order chi connectivity index (χ0) is 14.4. The average molecular weight is 300 g/mol. The molecule has 2 N–H and O–H groups in total. The molecule has 8 heteroatoms.